The van der Waals surface area contributed by atoms with Crippen molar-refractivity contribution in [2.75, 3.05) is 25.1 Å². The number of anilines is 1. The Morgan fingerprint density at radius 2 is 1.50 bits per heavy atom. The molecule has 1 amide bonds. The maximum Gasteiger partial charge on any atom is 0.344 e. The number of esters is 1. The van der Waals surface area contributed by atoms with Crippen LogP contribution in [0.15, 0.2) is 48.5 Å². The maximum absolute atomic E-state index is 12.2. The van der Waals surface area contributed by atoms with Gasteiger partial charge in [-0.1, -0.05) is 12.1 Å². The van der Waals surface area contributed by atoms with E-state index in [0.717, 1.165) is 0 Å². The van der Waals surface area contributed by atoms with Gasteiger partial charge in [0.05, 0.1) is 13.2 Å². The monoisotopic (exact) mass is 387 g/mol. The van der Waals surface area contributed by atoms with Crippen molar-refractivity contribution in [3.63, 3.8) is 0 Å². The molecular weight excluding hydrogens is 362 g/mol. The van der Waals surface area contributed by atoms with Crippen LogP contribution >= 0.6 is 0 Å². The summed E-state index contributed by atoms with van der Waals surface area (Å²) in [6.07, 6.45) is -0.968. The van der Waals surface area contributed by atoms with Crippen LogP contribution in [-0.4, -0.2) is 37.8 Å². The highest BCUT2D eigenvalue weighted by molar-refractivity contribution is 5.95. The Bertz CT molecular complexity index is 775. The van der Waals surface area contributed by atoms with E-state index >= 15 is 0 Å². The summed E-state index contributed by atoms with van der Waals surface area (Å²) in [5.74, 6) is 0.601. The molecule has 2 aromatic rings. The predicted molar refractivity (Wildman–Crippen MR) is 105 cm³/mol. The molecule has 0 bridgehead atoms. The summed E-state index contributed by atoms with van der Waals surface area (Å²) in [6.45, 7) is 5.96. The number of carbonyl (C=O) groups is 2. The summed E-state index contributed by atoms with van der Waals surface area (Å²) in [7, 11) is 0. The van der Waals surface area contributed by atoms with Crippen LogP contribution in [0.1, 0.15) is 20.8 Å². The number of benzene rings is 2. The summed E-state index contributed by atoms with van der Waals surface area (Å²) < 4.78 is 21.3. The van der Waals surface area contributed by atoms with Gasteiger partial charge in [0.25, 0.3) is 5.91 Å². The zero-order chi connectivity index (χ0) is 20.4. The molecule has 0 fully saturated rings. The van der Waals surface area contributed by atoms with E-state index in [0.29, 0.717) is 36.1 Å². The van der Waals surface area contributed by atoms with Crippen molar-refractivity contribution < 1.29 is 28.5 Å². The molecule has 28 heavy (non-hydrogen) atoms. The van der Waals surface area contributed by atoms with Crippen LogP contribution in [0.5, 0.6) is 17.2 Å². The van der Waals surface area contributed by atoms with E-state index in [9.17, 15) is 9.59 Å². The van der Waals surface area contributed by atoms with E-state index in [-0.39, 0.29) is 6.61 Å². The Morgan fingerprint density at radius 1 is 0.893 bits per heavy atom. The topological polar surface area (TPSA) is 83.1 Å². The average molecular weight is 387 g/mol. The first kappa shape index (κ1) is 21.1. The van der Waals surface area contributed by atoms with Crippen molar-refractivity contribution in [3.05, 3.63) is 48.5 Å². The largest absolute Gasteiger partial charge is 0.494 e. The summed E-state index contributed by atoms with van der Waals surface area (Å²) in [6, 6.07) is 14.0. The van der Waals surface area contributed by atoms with E-state index in [1.807, 2.05) is 19.9 Å². The second kappa shape index (κ2) is 10.8. The maximum atomic E-state index is 12.2. The molecule has 0 aromatic heterocycles. The Labute approximate surface area is 164 Å². The summed E-state index contributed by atoms with van der Waals surface area (Å²) >= 11 is 0. The third-order valence-corrected chi connectivity index (χ3v) is 3.60. The number of para-hydroxylation sites is 2. The van der Waals surface area contributed by atoms with Crippen molar-refractivity contribution >= 4 is 17.6 Å². The standard InChI is InChI=1S/C21H25NO6/c1-4-25-17-12-10-16(11-13-17)22-21(24)15(3)28-20(23)14-27-19-9-7-6-8-18(19)26-5-2/h6-13,15H,4-5,14H2,1-3H3,(H,22,24)/t15-/m1/s1. The Morgan fingerprint density at radius 3 is 2.11 bits per heavy atom. The Kier molecular flexibility index (Phi) is 8.14. The van der Waals surface area contributed by atoms with Crippen LogP contribution in [0, 0.1) is 0 Å². The fourth-order valence-corrected chi connectivity index (χ4v) is 2.31. The van der Waals surface area contributed by atoms with Gasteiger partial charge in [-0.3, -0.25) is 4.79 Å². The molecule has 0 spiro atoms. The Hall–Kier alpha value is -3.22. The molecule has 0 heterocycles. The predicted octanol–water partition coefficient (Wildman–Crippen LogP) is 3.43. The van der Waals surface area contributed by atoms with Crippen LogP contribution in [-0.2, 0) is 14.3 Å². The molecule has 0 aliphatic carbocycles. The number of nitrogens with one attached hydrogen (secondary N) is 1. The number of amides is 1. The third kappa shape index (κ3) is 6.50. The number of hydrogen-bond acceptors (Lipinski definition) is 6. The molecule has 0 aliphatic rings. The number of ether oxygens (including phenoxy) is 4. The van der Waals surface area contributed by atoms with Gasteiger partial charge >= 0.3 is 5.97 Å². The van der Waals surface area contributed by atoms with Gasteiger partial charge in [0.1, 0.15) is 5.75 Å². The number of hydrogen-bond donors (Lipinski definition) is 1. The highest BCUT2D eigenvalue weighted by Crippen LogP contribution is 2.26. The van der Waals surface area contributed by atoms with Gasteiger partial charge in [-0.05, 0) is 57.2 Å². The van der Waals surface area contributed by atoms with Gasteiger partial charge in [0.2, 0.25) is 0 Å². The molecule has 0 aliphatic heterocycles. The van der Waals surface area contributed by atoms with E-state index in [2.05, 4.69) is 5.32 Å². The SMILES string of the molecule is CCOc1ccc(NC(=O)[C@@H](C)OC(=O)COc2ccccc2OCC)cc1. The van der Waals surface area contributed by atoms with Gasteiger partial charge in [-0.15, -0.1) is 0 Å². The molecule has 1 atom stereocenters. The molecule has 2 rings (SSSR count). The van der Waals surface area contributed by atoms with Crippen LogP contribution in [0.3, 0.4) is 0 Å². The average Bonchev–Trinajstić information content (AvgIpc) is 2.69. The minimum absolute atomic E-state index is 0.329. The lowest BCUT2D eigenvalue weighted by molar-refractivity contribution is -0.155. The smallest absolute Gasteiger partial charge is 0.344 e. The lowest BCUT2D eigenvalue weighted by Gasteiger charge is -2.15. The van der Waals surface area contributed by atoms with Gasteiger partial charge < -0.3 is 24.3 Å². The highest BCUT2D eigenvalue weighted by atomic mass is 16.6. The van der Waals surface area contributed by atoms with Crippen molar-refractivity contribution in [2.45, 2.75) is 26.9 Å². The summed E-state index contributed by atoms with van der Waals surface area (Å²) in [4.78, 5) is 24.2. The van der Waals surface area contributed by atoms with E-state index in [4.69, 9.17) is 18.9 Å². The van der Waals surface area contributed by atoms with E-state index < -0.39 is 18.0 Å². The number of carbonyl (C=O) groups excluding carboxylic acids is 2. The lowest BCUT2D eigenvalue weighted by Crippen LogP contribution is -2.31. The Balaban J connectivity index is 1.82. The molecular formula is C21H25NO6. The summed E-state index contributed by atoms with van der Waals surface area (Å²) in [5.41, 5.74) is 0.582. The normalized spacial score (nSPS) is 11.2. The molecule has 150 valence electrons. The van der Waals surface area contributed by atoms with Crippen molar-refractivity contribution in [3.8, 4) is 17.2 Å². The van der Waals surface area contributed by atoms with Crippen LogP contribution in [0.25, 0.3) is 0 Å². The second-order valence-corrected chi connectivity index (χ2v) is 5.75. The quantitative estimate of drug-likeness (QED) is 0.629. The first-order chi connectivity index (χ1) is 13.5. The van der Waals surface area contributed by atoms with Crippen molar-refractivity contribution in [1.29, 1.82) is 0 Å². The first-order valence-corrected chi connectivity index (χ1v) is 9.11. The van der Waals surface area contributed by atoms with Gasteiger partial charge in [0, 0.05) is 5.69 Å². The second-order valence-electron chi connectivity index (χ2n) is 5.75. The minimum Gasteiger partial charge on any atom is -0.494 e. The van der Waals surface area contributed by atoms with Gasteiger partial charge in [0.15, 0.2) is 24.2 Å². The molecule has 0 unspecified atom stereocenters. The molecule has 2 aromatic carbocycles. The van der Waals surface area contributed by atoms with Crippen LogP contribution in [0.2, 0.25) is 0 Å². The van der Waals surface area contributed by atoms with E-state index in [1.165, 1.54) is 6.92 Å². The lowest BCUT2D eigenvalue weighted by atomic mass is 10.3. The molecule has 1 N–H and O–H groups in total. The molecule has 0 radical (unpaired) electrons. The molecule has 7 nitrogen and oxygen atoms in total. The van der Waals surface area contributed by atoms with Crippen LogP contribution in [0.4, 0.5) is 5.69 Å². The molecule has 0 saturated carbocycles. The van der Waals surface area contributed by atoms with Gasteiger partial charge in [-0.25, -0.2) is 4.79 Å². The zero-order valence-electron chi connectivity index (χ0n) is 16.3. The van der Waals surface area contributed by atoms with Crippen molar-refractivity contribution in [1.82, 2.24) is 0 Å². The fraction of sp³-hybridized carbons (Fsp3) is 0.333. The minimum atomic E-state index is -0.968. The molecule has 0 saturated heterocycles. The third-order valence-electron chi connectivity index (χ3n) is 3.60. The van der Waals surface area contributed by atoms with Gasteiger partial charge in [-0.2, -0.15) is 0 Å². The highest BCUT2D eigenvalue weighted by Gasteiger charge is 2.19. The number of rotatable bonds is 10. The fourth-order valence-electron chi connectivity index (χ4n) is 2.31. The zero-order valence-corrected chi connectivity index (χ0v) is 16.3. The summed E-state index contributed by atoms with van der Waals surface area (Å²) in [5, 5.41) is 2.68. The first-order valence-electron chi connectivity index (χ1n) is 9.11. The van der Waals surface area contributed by atoms with Crippen molar-refractivity contribution in [2.24, 2.45) is 0 Å². The van der Waals surface area contributed by atoms with Crippen LogP contribution < -0.4 is 19.5 Å². The molecule has 7 heteroatoms. The van der Waals surface area contributed by atoms with E-state index in [1.54, 1.807) is 42.5 Å².